The molecule has 176 valence electrons. The Hall–Kier alpha value is -2.91. The molecule has 0 saturated carbocycles. The van der Waals surface area contributed by atoms with Crippen molar-refractivity contribution in [3.63, 3.8) is 0 Å². The number of benzene rings is 2. The van der Waals surface area contributed by atoms with Crippen LogP contribution in [-0.2, 0) is 19.6 Å². The summed E-state index contributed by atoms with van der Waals surface area (Å²) in [5.74, 6) is -0.448. The SMILES string of the molecule is COc1ccc(N2C(=O)CCCC2=O)cc1S(=O)(=O)N1CCN(c2cccc(C)c2C)CC1. The second kappa shape index (κ2) is 9.15. The number of piperazine rings is 1. The molecular weight excluding hydrogens is 442 g/mol. The van der Waals surface area contributed by atoms with Crippen LogP contribution in [-0.4, -0.2) is 57.8 Å². The number of carbonyl (C=O) groups is 2. The zero-order valence-corrected chi connectivity index (χ0v) is 20.0. The third-order valence-corrected chi connectivity index (χ3v) is 8.38. The van der Waals surface area contributed by atoms with Gasteiger partial charge in [0.15, 0.2) is 0 Å². The van der Waals surface area contributed by atoms with Crippen molar-refractivity contribution >= 4 is 33.2 Å². The highest BCUT2D eigenvalue weighted by molar-refractivity contribution is 7.89. The molecule has 2 aromatic carbocycles. The van der Waals surface area contributed by atoms with Gasteiger partial charge in [0, 0.05) is 44.7 Å². The zero-order valence-electron chi connectivity index (χ0n) is 19.2. The number of imide groups is 1. The van der Waals surface area contributed by atoms with Crippen molar-refractivity contribution in [3.05, 3.63) is 47.5 Å². The first-order valence-corrected chi connectivity index (χ1v) is 12.5. The van der Waals surface area contributed by atoms with Crippen LogP contribution in [0, 0.1) is 13.8 Å². The van der Waals surface area contributed by atoms with Gasteiger partial charge in [-0.3, -0.25) is 14.5 Å². The zero-order chi connectivity index (χ0) is 23.8. The predicted octanol–water partition coefficient (Wildman–Crippen LogP) is 2.87. The summed E-state index contributed by atoms with van der Waals surface area (Å²) in [7, 11) is -2.49. The van der Waals surface area contributed by atoms with Crippen molar-refractivity contribution in [2.24, 2.45) is 0 Å². The first-order valence-electron chi connectivity index (χ1n) is 11.1. The van der Waals surface area contributed by atoms with Gasteiger partial charge in [0.25, 0.3) is 0 Å². The van der Waals surface area contributed by atoms with Gasteiger partial charge in [-0.2, -0.15) is 4.31 Å². The highest BCUT2D eigenvalue weighted by atomic mass is 32.2. The summed E-state index contributed by atoms with van der Waals surface area (Å²) in [6, 6.07) is 10.6. The van der Waals surface area contributed by atoms with Crippen LogP contribution >= 0.6 is 0 Å². The van der Waals surface area contributed by atoms with Crippen LogP contribution in [0.5, 0.6) is 5.75 Å². The number of hydrogen-bond donors (Lipinski definition) is 0. The second-order valence-corrected chi connectivity index (χ2v) is 10.3. The molecule has 2 aliphatic rings. The van der Waals surface area contributed by atoms with Gasteiger partial charge >= 0.3 is 0 Å². The maximum Gasteiger partial charge on any atom is 0.246 e. The number of aryl methyl sites for hydroxylation is 1. The molecule has 2 saturated heterocycles. The van der Waals surface area contributed by atoms with E-state index in [1.807, 2.05) is 6.07 Å². The summed E-state index contributed by atoms with van der Waals surface area (Å²) < 4.78 is 33.9. The number of ether oxygens (including phenoxy) is 1. The van der Waals surface area contributed by atoms with E-state index in [0.29, 0.717) is 32.6 Å². The van der Waals surface area contributed by atoms with E-state index in [9.17, 15) is 18.0 Å². The average molecular weight is 472 g/mol. The highest BCUT2D eigenvalue weighted by Crippen LogP contribution is 2.34. The fourth-order valence-corrected chi connectivity index (χ4v) is 6.03. The van der Waals surface area contributed by atoms with Crippen LogP contribution in [0.25, 0.3) is 0 Å². The Morgan fingerprint density at radius 1 is 0.909 bits per heavy atom. The number of amides is 2. The van der Waals surface area contributed by atoms with E-state index in [4.69, 9.17) is 4.74 Å². The molecule has 2 aromatic rings. The average Bonchev–Trinajstić information content (AvgIpc) is 2.81. The number of carbonyl (C=O) groups excluding carboxylic acids is 2. The fourth-order valence-electron chi connectivity index (χ4n) is 4.43. The van der Waals surface area contributed by atoms with Gasteiger partial charge in [-0.15, -0.1) is 0 Å². The molecule has 0 radical (unpaired) electrons. The van der Waals surface area contributed by atoms with Crippen LogP contribution in [0.2, 0.25) is 0 Å². The molecular formula is C24H29N3O5S. The summed E-state index contributed by atoms with van der Waals surface area (Å²) in [5.41, 5.74) is 3.77. The number of rotatable bonds is 5. The van der Waals surface area contributed by atoms with Crippen molar-refractivity contribution in [1.29, 1.82) is 0 Å². The normalized spacial score (nSPS) is 18.0. The van der Waals surface area contributed by atoms with E-state index in [1.54, 1.807) is 6.07 Å². The lowest BCUT2D eigenvalue weighted by Crippen LogP contribution is -2.49. The van der Waals surface area contributed by atoms with Crippen LogP contribution in [0.3, 0.4) is 0 Å². The number of anilines is 2. The minimum absolute atomic E-state index is 0.0335. The maximum atomic E-state index is 13.6. The molecule has 2 fully saturated rings. The molecule has 2 amide bonds. The smallest absolute Gasteiger partial charge is 0.246 e. The van der Waals surface area contributed by atoms with Crippen molar-refractivity contribution < 1.29 is 22.7 Å². The topological polar surface area (TPSA) is 87.2 Å². The van der Waals surface area contributed by atoms with Crippen molar-refractivity contribution in [3.8, 4) is 5.75 Å². The summed E-state index contributed by atoms with van der Waals surface area (Å²) in [4.78, 5) is 28.0. The summed E-state index contributed by atoms with van der Waals surface area (Å²) in [6.07, 6.45) is 1.04. The molecule has 0 N–H and O–H groups in total. The Bertz CT molecular complexity index is 1170. The van der Waals surface area contributed by atoms with E-state index >= 15 is 0 Å². The van der Waals surface area contributed by atoms with Gasteiger partial charge in [-0.1, -0.05) is 12.1 Å². The molecule has 4 rings (SSSR count). The lowest BCUT2D eigenvalue weighted by Gasteiger charge is -2.36. The van der Waals surface area contributed by atoms with Gasteiger partial charge < -0.3 is 9.64 Å². The molecule has 33 heavy (non-hydrogen) atoms. The molecule has 0 spiro atoms. The molecule has 9 heteroatoms. The van der Waals surface area contributed by atoms with Gasteiger partial charge in [0.05, 0.1) is 12.8 Å². The lowest BCUT2D eigenvalue weighted by atomic mass is 10.1. The minimum Gasteiger partial charge on any atom is -0.495 e. The minimum atomic E-state index is -3.89. The van der Waals surface area contributed by atoms with Gasteiger partial charge in [-0.25, -0.2) is 8.42 Å². The second-order valence-electron chi connectivity index (χ2n) is 8.42. The number of sulfonamides is 1. The number of methoxy groups -OCH3 is 1. The summed E-state index contributed by atoms with van der Waals surface area (Å²) in [6.45, 7) is 5.92. The molecule has 2 aliphatic heterocycles. The number of hydrogen-bond acceptors (Lipinski definition) is 6. The molecule has 0 aliphatic carbocycles. The van der Waals surface area contributed by atoms with Gasteiger partial charge in [-0.05, 0) is 55.7 Å². The van der Waals surface area contributed by atoms with Crippen LogP contribution in [0.15, 0.2) is 41.3 Å². The standard InChI is InChI=1S/C24H29N3O5S/c1-17-6-4-7-20(18(17)2)25-12-14-26(15-13-25)33(30,31)22-16-19(10-11-21(22)32-3)27-23(28)8-5-9-24(27)29/h4,6-7,10-11,16H,5,8-9,12-15H2,1-3H3. The van der Waals surface area contributed by atoms with E-state index in [1.165, 1.54) is 34.7 Å². The van der Waals surface area contributed by atoms with Gasteiger partial charge in [0.2, 0.25) is 21.8 Å². The molecule has 2 heterocycles. The lowest BCUT2D eigenvalue weighted by molar-refractivity contribution is -0.129. The quantitative estimate of drug-likeness (QED) is 0.624. The Labute approximate surface area is 194 Å². The Morgan fingerprint density at radius 3 is 2.21 bits per heavy atom. The Balaban J connectivity index is 1.60. The van der Waals surface area contributed by atoms with Crippen LogP contribution < -0.4 is 14.5 Å². The van der Waals surface area contributed by atoms with Crippen LogP contribution in [0.1, 0.15) is 30.4 Å². The van der Waals surface area contributed by atoms with Gasteiger partial charge in [0.1, 0.15) is 10.6 Å². The predicted molar refractivity (Wildman–Crippen MR) is 126 cm³/mol. The first kappa shape index (κ1) is 23.3. The van der Waals surface area contributed by atoms with E-state index in [2.05, 4.69) is 30.9 Å². The Kier molecular flexibility index (Phi) is 6.45. The highest BCUT2D eigenvalue weighted by Gasteiger charge is 2.34. The third-order valence-electron chi connectivity index (χ3n) is 6.46. The molecule has 0 aromatic heterocycles. The third kappa shape index (κ3) is 4.35. The molecule has 0 unspecified atom stereocenters. The monoisotopic (exact) mass is 471 g/mol. The van der Waals surface area contributed by atoms with Crippen molar-refractivity contribution in [2.45, 2.75) is 38.0 Å². The van der Waals surface area contributed by atoms with E-state index in [0.717, 1.165) is 10.6 Å². The summed E-state index contributed by atoms with van der Waals surface area (Å²) in [5, 5.41) is 0. The number of piperidine rings is 1. The van der Waals surface area contributed by atoms with Crippen LogP contribution in [0.4, 0.5) is 11.4 Å². The molecule has 0 atom stereocenters. The largest absolute Gasteiger partial charge is 0.495 e. The number of nitrogens with zero attached hydrogens (tertiary/aromatic N) is 3. The summed E-state index contributed by atoms with van der Waals surface area (Å²) >= 11 is 0. The van der Waals surface area contributed by atoms with Crippen molar-refractivity contribution in [1.82, 2.24) is 4.31 Å². The maximum absolute atomic E-state index is 13.6. The Morgan fingerprint density at radius 2 is 1.58 bits per heavy atom. The fraction of sp³-hybridized carbons (Fsp3) is 0.417. The van der Waals surface area contributed by atoms with E-state index in [-0.39, 0.29) is 41.0 Å². The first-order chi connectivity index (χ1) is 15.7. The van der Waals surface area contributed by atoms with E-state index < -0.39 is 10.0 Å². The molecule has 8 nitrogen and oxygen atoms in total. The van der Waals surface area contributed by atoms with Crippen molar-refractivity contribution in [2.75, 3.05) is 43.1 Å². The molecule has 0 bridgehead atoms.